The van der Waals surface area contributed by atoms with Crippen molar-refractivity contribution < 1.29 is 9.59 Å². The minimum absolute atomic E-state index is 0.135. The van der Waals surface area contributed by atoms with Crippen LogP contribution in [-0.2, 0) is 0 Å². The first-order chi connectivity index (χ1) is 12.5. The summed E-state index contributed by atoms with van der Waals surface area (Å²) in [7, 11) is 3.35. The second-order valence-corrected chi connectivity index (χ2v) is 6.24. The van der Waals surface area contributed by atoms with Crippen molar-refractivity contribution in [1.82, 2.24) is 14.7 Å². The van der Waals surface area contributed by atoms with Crippen molar-refractivity contribution in [2.45, 2.75) is 0 Å². The predicted octanol–water partition coefficient (Wildman–Crippen LogP) is 3.48. The molecule has 2 aromatic carbocycles. The molecule has 0 spiro atoms. The lowest BCUT2D eigenvalue weighted by Crippen LogP contribution is -2.22. The Morgan fingerprint density at radius 2 is 1.85 bits per heavy atom. The van der Waals surface area contributed by atoms with Gasteiger partial charge in [0.1, 0.15) is 0 Å². The number of nitrogens with one attached hydrogen (secondary N) is 1. The second-order valence-electron chi connectivity index (χ2n) is 5.83. The number of benzene rings is 2. The van der Waals surface area contributed by atoms with Crippen molar-refractivity contribution in [3.05, 3.63) is 77.1 Å². The van der Waals surface area contributed by atoms with Crippen molar-refractivity contribution in [3.63, 3.8) is 0 Å². The summed E-state index contributed by atoms with van der Waals surface area (Å²) in [5.74, 6) is -0.505. The number of para-hydroxylation sites is 1. The first kappa shape index (κ1) is 17.7. The Morgan fingerprint density at radius 1 is 1.08 bits per heavy atom. The van der Waals surface area contributed by atoms with Crippen molar-refractivity contribution >= 4 is 29.1 Å². The number of halogens is 1. The van der Waals surface area contributed by atoms with E-state index in [4.69, 9.17) is 11.6 Å². The Labute approximate surface area is 156 Å². The predicted molar refractivity (Wildman–Crippen MR) is 101 cm³/mol. The van der Waals surface area contributed by atoms with Crippen LogP contribution in [0.15, 0.2) is 60.8 Å². The van der Waals surface area contributed by atoms with Gasteiger partial charge in [0.05, 0.1) is 10.7 Å². The molecule has 7 heteroatoms. The summed E-state index contributed by atoms with van der Waals surface area (Å²) >= 11 is 6.15. The SMILES string of the molecule is CN(C)C(=O)c1cccc(NC(=O)c2ccn(-c3ccccc3Cl)n2)c1. The molecule has 0 atom stereocenters. The molecule has 0 fully saturated rings. The molecule has 0 radical (unpaired) electrons. The Bertz CT molecular complexity index is 965. The van der Waals surface area contributed by atoms with E-state index in [2.05, 4.69) is 10.4 Å². The minimum Gasteiger partial charge on any atom is -0.345 e. The number of anilines is 1. The van der Waals surface area contributed by atoms with E-state index >= 15 is 0 Å². The van der Waals surface area contributed by atoms with Crippen molar-refractivity contribution in [3.8, 4) is 5.69 Å². The van der Waals surface area contributed by atoms with Gasteiger partial charge in [-0.3, -0.25) is 9.59 Å². The smallest absolute Gasteiger partial charge is 0.276 e. The van der Waals surface area contributed by atoms with Crippen LogP contribution in [0.1, 0.15) is 20.8 Å². The number of rotatable bonds is 4. The van der Waals surface area contributed by atoms with E-state index in [1.54, 1.807) is 61.4 Å². The molecule has 3 rings (SSSR count). The summed E-state index contributed by atoms with van der Waals surface area (Å²) < 4.78 is 1.54. The van der Waals surface area contributed by atoms with Crippen LogP contribution < -0.4 is 5.32 Å². The number of hydrogen-bond donors (Lipinski definition) is 1. The Morgan fingerprint density at radius 3 is 2.58 bits per heavy atom. The van der Waals surface area contributed by atoms with Gasteiger partial charge in [0.15, 0.2) is 5.69 Å². The summed E-state index contributed by atoms with van der Waals surface area (Å²) in [6.45, 7) is 0. The molecule has 1 aromatic heterocycles. The molecular weight excluding hydrogens is 352 g/mol. The van der Waals surface area contributed by atoms with Gasteiger partial charge in [-0.15, -0.1) is 0 Å². The van der Waals surface area contributed by atoms with Crippen LogP contribution in [0.5, 0.6) is 0 Å². The zero-order chi connectivity index (χ0) is 18.7. The van der Waals surface area contributed by atoms with Crippen molar-refractivity contribution in [2.75, 3.05) is 19.4 Å². The molecule has 3 aromatic rings. The van der Waals surface area contributed by atoms with Gasteiger partial charge in [-0.2, -0.15) is 5.10 Å². The first-order valence-corrected chi connectivity index (χ1v) is 8.27. The van der Waals surface area contributed by atoms with E-state index in [1.807, 2.05) is 18.2 Å². The molecule has 0 bridgehead atoms. The monoisotopic (exact) mass is 368 g/mol. The van der Waals surface area contributed by atoms with Gasteiger partial charge in [0.25, 0.3) is 11.8 Å². The summed E-state index contributed by atoms with van der Waals surface area (Å²) in [4.78, 5) is 26.0. The average Bonchev–Trinajstić information content (AvgIpc) is 3.11. The molecular formula is C19H17ClN4O2. The Balaban J connectivity index is 1.78. The molecule has 2 amide bonds. The van der Waals surface area contributed by atoms with E-state index in [9.17, 15) is 9.59 Å². The number of aromatic nitrogens is 2. The zero-order valence-corrected chi connectivity index (χ0v) is 15.1. The third-order valence-electron chi connectivity index (χ3n) is 3.69. The zero-order valence-electron chi connectivity index (χ0n) is 14.3. The largest absolute Gasteiger partial charge is 0.345 e. The molecule has 26 heavy (non-hydrogen) atoms. The van der Waals surface area contributed by atoms with E-state index < -0.39 is 0 Å². The van der Waals surface area contributed by atoms with Crippen LogP contribution in [-0.4, -0.2) is 40.6 Å². The molecule has 132 valence electrons. The highest BCUT2D eigenvalue weighted by molar-refractivity contribution is 6.32. The molecule has 6 nitrogen and oxygen atoms in total. The Kier molecular flexibility index (Phi) is 5.04. The third kappa shape index (κ3) is 3.75. The van der Waals surface area contributed by atoms with Gasteiger partial charge in [-0.05, 0) is 36.4 Å². The maximum Gasteiger partial charge on any atom is 0.276 e. The van der Waals surface area contributed by atoms with Gasteiger partial charge in [0, 0.05) is 31.5 Å². The van der Waals surface area contributed by atoms with E-state index in [0.29, 0.717) is 22.0 Å². The maximum atomic E-state index is 12.4. The van der Waals surface area contributed by atoms with Crippen LogP contribution in [0.2, 0.25) is 5.02 Å². The fraction of sp³-hybridized carbons (Fsp3) is 0.105. The van der Waals surface area contributed by atoms with E-state index in [1.165, 1.54) is 4.90 Å². The lowest BCUT2D eigenvalue weighted by Gasteiger charge is -2.11. The maximum absolute atomic E-state index is 12.4. The normalized spacial score (nSPS) is 10.4. The van der Waals surface area contributed by atoms with Gasteiger partial charge < -0.3 is 10.2 Å². The minimum atomic E-state index is -0.370. The lowest BCUT2D eigenvalue weighted by molar-refractivity contribution is 0.0827. The Hall–Kier alpha value is -3.12. The molecule has 0 aliphatic rings. The van der Waals surface area contributed by atoms with E-state index in [-0.39, 0.29) is 17.5 Å². The first-order valence-electron chi connectivity index (χ1n) is 7.89. The third-order valence-corrected chi connectivity index (χ3v) is 4.01. The number of hydrogen-bond acceptors (Lipinski definition) is 3. The van der Waals surface area contributed by atoms with Crippen LogP contribution in [0.3, 0.4) is 0 Å². The van der Waals surface area contributed by atoms with Crippen molar-refractivity contribution in [2.24, 2.45) is 0 Å². The van der Waals surface area contributed by atoms with Gasteiger partial charge in [-0.1, -0.05) is 29.8 Å². The number of carbonyl (C=O) groups excluding carboxylic acids is 2. The standard InChI is InChI=1S/C19H17ClN4O2/c1-23(2)19(26)13-6-5-7-14(12-13)21-18(25)16-10-11-24(22-16)17-9-4-3-8-15(17)20/h3-12H,1-2H3,(H,21,25). The lowest BCUT2D eigenvalue weighted by atomic mass is 10.2. The van der Waals surface area contributed by atoms with Crippen LogP contribution in [0.4, 0.5) is 5.69 Å². The second kappa shape index (κ2) is 7.41. The highest BCUT2D eigenvalue weighted by Crippen LogP contribution is 2.19. The van der Waals surface area contributed by atoms with Crippen LogP contribution in [0.25, 0.3) is 5.69 Å². The number of amides is 2. The molecule has 0 saturated heterocycles. The highest BCUT2D eigenvalue weighted by atomic mass is 35.5. The molecule has 0 saturated carbocycles. The summed E-state index contributed by atoms with van der Waals surface area (Å²) in [5.41, 5.74) is 1.95. The summed E-state index contributed by atoms with van der Waals surface area (Å²) in [6.07, 6.45) is 1.67. The van der Waals surface area contributed by atoms with Gasteiger partial charge in [0.2, 0.25) is 0 Å². The molecule has 0 unspecified atom stereocenters. The number of carbonyl (C=O) groups is 2. The fourth-order valence-electron chi connectivity index (χ4n) is 2.40. The molecule has 0 aliphatic carbocycles. The molecule has 1 heterocycles. The van der Waals surface area contributed by atoms with Gasteiger partial charge >= 0.3 is 0 Å². The summed E-state index contributed by atoms with van der Waals surface area (Å²) in [5, 5.41) is 7.56. The fourth-order valence-corrected chi connectivity index (χ4v) is 2.62. The summed E-state index contributed by atoms with van der Waals surface area (Å²) in [6, 6.07) is 15.6. The molecule has 0 aliphatic heterocycles. The van der Waals surface area contributed by atoms with Crippen LogP contribution in [0, 0.1) is 0 Å². The topological polar surface area (TPSA) is 67.2 Å². The number of nitrogens with zero attached hydrogens (tertiary/aromatic N) is 3. The van der Waals surface area contributed by atoms with Crippen LogP contribution >= 0.6 is 11.6 Å². The molecule has 1 N–H and O–H groups in total. The highest BCUT2D eigenvalue weighted by Gasteiger charge is 2.13. The van der Waals surface area contributed by atoms with E-state index in [0.717, 1.165) is 0 Å². The average molecular weight is 369 g/mol. The quantitative estimate of drug-likeness (QED) is 0.766. The van der Waals surface area contributed by atoms with Gasteiger partial charge in [-0.25, -0.2) is 4.68 Å². The van der Waals surface area contributed by atoms with Crippen molar-refractivity contribution in [1.29, 1.82) is 0 Å².